The lowest BCUT2D eigenvalue weighted by molar-refractivity contribution is 0.602. The van der Waals surface area contributed by atoms with Crippen LogP contribution in [0.4, 0.5) is 0 Å². The van der Waals surface area contributed by atoms with Crippen molar-refractivity contribution in [1.82, 2.24) is 0 Å². The van der Waals surface area contributed by atoms with E-state index < -0.39 is 9.84 Å². The van der Waals surface area contributed by atoms with Crippen LogP contribution in [0, 0.1) is 0 Å². The second kappa shape index (κ2) is 5.15. The second-order valence-electron chi connectivity index (χ2n) is 3.88. The van der Waals surface area contributed by atoms with Crippen LogP contribution in [-0.2, 0) is 15.6 Å². The van der Waals surface area contributed by atoms with Crippen molar-refractivity contribution in [3.05, 3.63) is 71.2 Å². The molecule has 1 aliphatic carbocycles. The van der Waals surface area contributed by atoms with Crippen LogP contribution < -0.4 is 0 Å². The lowest BCUT2D eigenvalue weighted by atomic mass is 10.2. The van der Waals surface area contributed by atoms with Crippen LogP contribution in [0.25, 0.3) is 0 Å². The number of allylic oxidation sites excluding steroid dienone is 5. The SMILES string of the molecule is O=S(=O)(Cc1ccccc1)C1=CC=CCC=C1. The molecule has 88 valence electrons. The van der Waals surface area contributed by atoms with Gasteiger partial charge in [-0.2, -0.15) is 0 Å². The van der Waals surface area contributed by atoms with Crippen molar-refractivity contribution in [3.63, 3.8) is 0 Å². The van der Waals surface area contributed by atoms with Crippen LogP contribution in [0.5, 0.6) is 0 Å². The van der Waals surface area contributed by atoms with Crippen LogP contribution in [-0.4, -0.2) is 8.42 Å². The number of sulfone groups is 1. The molecule has 0 saturated carbocycles. The predicted octanol–water partition coefficient (Wildman–Crippen LogP) is 3.00. The van der Waals surface area contributed by atoms with E-state index in [0.717, 1.165) is 12.0 Å². The molecule has 1 aliphatic rings. The summed E-state index contributed by atoms with van der Waals surface area (Å²) >= 11 is 0. The zero-order valence-corrected chi connectivity index (χ0v) is 10.2. The van der Waals surface area contributed by atoms with Gasteiger partial charge in [0.1, 0.15) is 0 Å². The lowest BCUT2D eigenvalue weighted by Crippen LogP contribution is -2.05. The quantitative estimate of drug-likeness (QED) is 0.821. The number of benzene rings is 1. The second-order valence-corrected chi connectivity index (χ2v) is 5.87. The topological polar surface area (TPSA) is 34.1 Å². The van der Waals surface area contributed by atoms with E-state index >= 15 is 0 Å². The standard InChI is InChI=1S/C14H14O2S/c15-17(16,12-13-8-4-3-5-9-13)14-10-6-1-2-7-11-14/h1,3-11H,2,12H2. The molecule has 0 aliphatic heterocycles. The summed E-state index contributed by atoms with van der Waals surface area (Å²) in [5.74, 6) is 0.0534. The highest BCUT2D eigenvalue weighted by Gasteiger charge is 2.15. The van der Waals surface area contributed by atoms with Crippen molar-refractivity contribution in [2.24, 2.45) is 0 Å². The van der Waals surface area contributed by atoms with Gasteiger partial charge in [-0.1, -0.05) is 48.6 Å². The smallest absolute Gasteiger partial charge is 0.182 e. The highest BCUT2D eigenvalue weighted by Crippen LogP contribution is 2.17. The third kappa shape index (κ3) is 3.17. The molecule has 3 heteroatoms. The summed E-state index contributed by atoms with van der Waals surface area (Å²) in [5.41, 5.74) is 0.815. The van der Waals surface area contributed by atoms with E-state index in [1.807, 2.05) is 42.5 Å². The Morgan fingerprint density at radius 3 is 2.59 bits per heavy atom. The third-order valence-electron chi connectivity index (χ3n) is 2.51. The van der Waals surface area contributed by atoms with E-state index in [1.165, 1.54) is 0 Å². The summed E-state index contributed by atoms with van der Waals surface area (Å²) in [7, 11) is -3.24. The summed E-state index contributed by atoms with van der Waals surface area (Å²) in [6.07, 6.45) is 9.69. The molecule has 0 radical (unpaired) electrons. The Bertz CT molecular complexity index is 563. The average Bonchev–Trinajstić information content (AvgIpc) is 2.58. The normalized spacial score (nSPS) is 15.4. The van der Waals surface area contributed by atoms with Gasteiger partial charge in [0.2, 0.25) is 0 Å². The van der Waals surface area contributed by atoms with Gasteiger partial charge in [0.15, 0.2) is 9.84 Å². The maximum atomic E-state index is 12.2. The molecule has 0 unspecified atom stereocenters. The van der Waals surface area contributed by atoms with E-state index in [2.05, 4.69) is 0 Å². The Balaban J connectivity index is 2.25. The number of rotatable bonds is 3. The Hall–Kier alpha value is -1.61. The summed E-state index contributed by atoms with van der Waals surface area (Å²) in [6.45, 7) is 0. The van der Waals surface area contributed by atoms with Crippen molar-refractivity contribution in [1.29, 1.82) is 0 Å². The van der Waals surface area contributed by atoms with Gasteiger partial charge in [-0.25, -0.2) is 8.42 Å². The third-order valence-corrected chi connectivity index (χ3v) is 4.21. The van der Waals surface area contributed by atoms with E-state index in [9.17, 15) is 8.42 Å². The molecular weight excluding hydrogens is 232 g/mol. The van der Waals surface area contributed by atoms with Crippen LogP contribution in [0.2, 0.25) is 0 Å². The minimum atomic E-state index is -3.24. The van der Waals surface area contributed by atoms with Crippen LogP contribution in [0.3, 0.4) is 0 Å². The highest BCUT2D eigenvalue weighted by molar-refractivity contribution is 7.94. The van der Waals surface area contributed by atoms with Crippen LogP contribution in [0.1, 0.15) is 12.0 Å². The predicted molar refractivity (Wildman–Crippen MR) is 70.0 cm³/mol. The minimum Gasteiger partial charge on any atom is -0.223 e. The zero-order chi connectivity index (χ0) is 12.1. The first-order chi connectivity index (χ1) is 8.18. The van der Waals surface area contributed by atoms with Crippen molar-refractivity contribution in [2.45, 2.75) is 12.2 Å². The van der Waals surface area contributed by atoms with Gasteiger partial charge in [-0.3, -0.25) is 0 Å². The summed E-state index contributed by atoms with van der Waals surface area (Å²) < 4.78 is 24.3. The van der Waals surface area contributed by atoms with E-state index in [1.54, 1.807) is 18.2 Å². The van der Waals surface area contributed by atoms with E-state index in [-0.39, 0.29) is 5.75 Å². The van der Waals surface area contributed by atoms with Gasteiger partial charge in [0.05, 0.1) is 10.7 Å². The van der Waals surface area contributed by atoms with Gasteiger partial charge < -0.3 is 0 Å². The average molecular weight is 246 g/mol. The first kappa shape index (κ1) is 11.9. The van der Waals surface area contributed by atoms with Crippen molar-refractivity contribution in [3.8, 4) is 0 Å². The van der Waals surface area contributed by atoms with Gasteiger partial charge in [-0.15, -0.1) is 0 Å². The Morgan fingerprint density at radius 1 is 1.06 bits per heavy atom. The summed E-state index contributed by atoms with van der Waals surface area (Å²) in [6, 6.07) is 9.23. The molecule has 2 rings (SSSR count). The lowest BCUT2D eigenvalue weighted by Gasteiger charge is -2.04. The maximum absolute atomic E-state index is 12.2. The monoisotopic (exact) mass is 246 g/mol. The summed E-state index contributed by atoms with van der Waals surface area (Å²) in [5, 5.41) is 0. The Labute approximate surface area is 102 Å². The Morgan fingerprint density at radius 2 is 1.82 bits per heavy atom. The molecule has 0 atom stereocenters. The van der Waals surface area contributed by atoms with Crippen molar-refractivity contribution in [2.75, 3.05) is 0 Å². The molecular formula is C14H14O2S. The zero-order valence-electron chi connectivity index (χ0n) is 9.41. The van der Waals surface area contributed by atoms with Crippen molar-refractivity contribution >= 4 is 9.84 Å². The molecule has 1 aromatic rings. The highest BCUT2D eigenvalue weighted by atomic mass is 32.2. The number of hydrogen-bond donors (Lipinski definition) is 0. The first-order valence-electron chi connectivity index (χ1n) is 5.48. The Kier molecular flexibility index (Phi) is 3.59. The van der Waals surface area contributed by atoms with E-state index in [4.69, 9.17) is 0 Å². The van der Waals surface area contributed by atoms with Gasteiger partial charge in [0, 0.05) is 0 Å². The molecule has 0 saturated heterocycles. The van der Waals surface area contributed by atoms with Crippen molar-refractivity contribution < 1.29 is 8.42 Å². The summed E-state index contributed by atoms with van der Waals surface area (Å²) in [4.78, 5) is 0.384. The fourth-order valence-corrected chi connectivity index (χ4v) is 3.03. The van der Waals surface area contributed by atoms with Gasteiger partial charge in [0.25, 0.3) is 0 Å². The molecule has 17 heavy (non-hydrogen) atoms. The molecule has 0 heterocycles. The first-order valence-corrected chi connectivity index (χ1v) is 7.14. The largest absolute Gasteiger partial charge is 0.223 e. The molecule has 0 fully saturated rings. The van der Waals surface area contributed by atoms with E-state index in [0.29, 0.717) is 4.91 Å². The molecule has 0 amide bonds. The number of hydrogen-bond acceptors (Lipinski definition) is 2. The molecule has 0 N–H and O–H groups in total. The fourth-order valence-electron chi connectivity index (χ4n) is 1.64. The molecule has 0 aromatic heterocycles. The van der Waals surface area contributed by atoms with Gasteiger partial charge in [-0.05, 0) is 24.1 Å². The molecule has 1 aromatic carbocycles. The molecule has 0 bridgehead atoms. The molecule has 2 nitrogen and oxygen atoms in total. The maximum Gasteiger partial charge on any atom is 0.182 e. The van der Waals surface area contributed by atoms with Crippen LogP contribution in [0.15, 0.2) is 65.6 Å². The van der Waals surface area contributed by atoms with Gasteiger partial charge >= 0.3 is 0 Å². The fraction of sp³-hybridized carbons (Fsp3) is 0.143. The molecule has 0 spiro atoms. The van der Waals surface area contributed by atoms with Crippen LogP contribution >= 0.6 is 0 Å². The minimum absolute atomic E-state index is 0.0534.